The highest BCUT2D eigenvalue weighted by atomic mass is 16.5. The van der Waals surface area contributed by atoms with Crippen LogP contribution >= 0.6 is 0 Å². The summed E-state index contributed by atoms with van der Waals surface area (Å²) in [6.45, 7) is 8.39. The lowest BCUT2D eigenvalue weighted by molar-refractivity contribution is 0.107. The summed E-state index contributed by atoms with van der Waals surface area (Å²) in [6.07, 6.45) is 3.05. The molecule has 15 heavy (non-hydrogen) atoms. The van der Waals surface area contributed by atoms with Gasteiger partial charge < -0.3 is 15.2 Å². The summed E-state index contributed by atoms with van der Waals surface area (Å²) in [5.41, 5.74) is 0.0569. The Morgan fingerprint density at radius 1 is 1.33 bits per heavy atom. The fourth-order valence-corrected chi connectivity index (χ4v) is 1.57. The Balaban J connectivity index is 3.88. The fraction of sp³-hybridized carbons (Fsp3) is 1.00. The third kappa shape index (κ3) is 5.50. The Morgan fingerprint density at radius 2 is 1.93 bits per heavy atom. The quantitative estimate of drug-likeness (QED) is 0.619. The molecule has 0 aromatic heterocycles. The van der Waals surface area contributed by atoms with Crippen LogP contribution in [0.15, 0.2) is 0 Å². The van der Waals surface area contributed by atoms with Crippen molar-refractivity contribution in [3.05, 3.63) is 0 Å². The van der Waals surface area contributed by atoms with E-state index in [1.54, 1.807) is 7.11 Å². The summed E-state index contributed by atoms with van der Waals surface area (Å²) in [4.78, 5) is 0. The number of ether oxygens (including phenoxy) is 1. The number of methoxy groups -OCH3 is 1. The van der Waals surface area contributed by atoms with Gasteiger partial charge in [0.05, 0.1) is 0 Å². The highest BCUT2D eigenvalue weighted by Crippen LogP contribution is 2.24. The highest BCUT2D eigenvalue weighted by molar-refractivity contribution is 4.79. The molecule has 0 saturated carbocycles. The predicted molar refractivity (Wildman–Crippen MR) is 64.1 cm³/mol. The van der Waals surface area contributed by atoms with E-state index in [1.165, 1.54) is 0 Å². The molecule has 0 aliphatic rings. The molecule has 1 unspecified atom stereocenters. The van der Waals surface area contributed by atoms with E-state index in [0.717, 1.165) is 32.4 Å². The van der Waals surface area contributed by atoms with Gasteiger partial charge in [-0.15, -0.1) is 0 Å². The van der Waals surface area contributed by atoms with Gasteiger partial charge in [-0.1, -0.05) is 13.8 Å². The number of rotatable bonds is 9. The second kappa shape index (κ2) is 8.08. The summed E-state index contributed by atoms with van der Waals surface area (Å²) < 4.78 is 5.03. The molecule has 0 radical (unpaired) electrons. The predicted octanol–water partition coefficient (Wildman–Crippen LogP) is 1.80. The maximum absolute atomic E-state index is 9.40. The summed E-state index contributed by atoms with van der Waals surface area (Å²) in [6, 6.07) is 0.453. The molecule has 0 bridgehead atoms. The zero-order chi connectivity index (χ0) is 11.7. The first-order valence-corrected chi connectivity index (χ1v) is 5.97. The minimum absolute atomic E-state index is 0.0569. The second-order valence-corrected chi connectivity index (χ2v) is 4.43. The largest absolute Gasteiger partial charge is 0.396 e. The molecule has 0 aliphatic carbocycles. The van der Waals surface area contributed by atoms with Crippen molar-refractivity contribution in [1.82, 2.24) is 5.32 Å². The van der Waals surface area contributed by atoms with Crippen molar-refractivity contribution in [2.24, 2.45) is 5.41 Å². The molecule has 0 rings (SSSR count). The molecular formula is C12H27NO2. The Morgan fingerprint density at radius 3 is 2.33 bits per heavy atom. The lowest BCUT2D eigenvalue weighted by Crippen LogP contribution is -2.40. The van der Waals surface area contributed by atoms with Gasteiger partial charge in [-0.3, -0.25) is 0 Å². The van der Waals surface area contributed by atoms with Crippen molar-refractivity contribution in [2.45, 2.75) is 46.1 Å². The molecule has 0 aromatic rings. The van der Waals surface area contributed by atoms with Crippen molar-refractivity contribution in [3.63, 3.8) is 0 Å². The second-order valence-electron chi connectivity index (χ2n) is 4.43. The third-order valence-electron chi connectivity index (χ3n) is 3.42. The van der Waals surface area contributed by atoms with E-state index in [9.17, 15) is 5.11 Å². The SMILES string of the molecule is CCC(CC)(CO)CNC(C)CCOC. The van der Waals surface area contributed by atoms with Gasteiger partial charge in [0, 0.05) is 38.3 Å². The van der Waals surface area contributed by atoms with Gasteiger partial charge in [0.2, 0.25) is 0 Å². The molecule has 2 N–H and O–H groups in total. The minimum atomic E-state index is 0.0569. The molecule has 1 atom stereocenters. The smallest absolute Gasteiger partial charge is 0.0499 e. The maximum Gasteiger partial charge on any atom is 0.0499 e. The summed E-state index contributed by atoms with van der Waals surface area (Å²) in [7, 11) is 1.73. The van der Waals surface area contributed by atoms with Gasteiger partial charge in [0.25, 0.3) is 0 Å². The van der Waals surface area contributed by atoms with Crippen LogP contribution in [0.4, 0.5) is 0 Å². The topological polar surface area (TPSA) is 41.5 Å². The normalized spacial score (nSPS) is 14.2. The van der Waals surface area contributed by atoms with Crippen LogP contribution in [-0.2, 0) is 4.74 Å². The van der Waals surface area contributed by atoms with Crippen LogP contribution in [0.2, 0.25) is 0 Å². The molecule has 0 fully saturated rings. The van der Waals surface area contributed by atoms with E-state index in [4.69, 9.17) is 4.74 Å². The molecule has 0 amide bonds. The van der Waals surface area contributed by atoms with Crippen LogP contribution in [-0.4, -0.2) is 38.0 Å². The first-order valence-electron chi connectivity index (χ1n) is 5.97. The van der Waals surface area contributed by atoms with Crippen LogP contribution < -0.4 is 5.32 Å². The van der Waals surface area contributed by atoms with Gasteiger partial charge in [-0.05, 0) is 26.2 Å². The maximum atomic E-state index is 9.40. The molecule has 0 spiro atoms. The number of hydrogen-bond donors (Lipinski definition) is 2. The summed E-state index contributed by atoms with van der Waals surface area (Å²) in [5.74, 6) is 0. The van der Waals surface area contributed by atoms with Crippen LogP contribution in [0.25, 0.3) is 0 Å². The van der Waals surface area contributed by atoms with Crippen molar-refractivity contribution < 1.29 is 9.84 Å². The molecule has 3 heteroatoms. The van der Waals surface area contributed by atoms with Crippen LogP contribution in [0.3, 0.4) is 0 Å². The van der Waals surface area contributed by atoms with Gasteiger partial charge in [0.1, 0.15) is 0 Å². The van der Waals surface area contributed by atoms with Gasteiger partial charge in [-0.2, -0.15) is 0 Å². The lowest BCUT2D eigenvalue weighted by atomic mass is 9.83. The van der Waals surface area contributed by atoms with Crippen LogP contribution in [0.5, 0.6) is 0 Å². The highest BCUT2D eigenvalue weighted by Gasteiger charge is 2.25. The zero-order valence-electron chi connectivity index (χ0n) is 10.7. The Kier molecular flexibility index (Phi) is 8.02. The van der Waals surface area contributed by atoms with E-state index >= 15 is 0 Å². The Labute approximate surface area is 94.2 Å². The lowest BCUT2D eigenvalue weighted by Gasteiger charge is -2.31. The van der Waals surface area contributed by atoms with Crippen molar-refractivity contribution in [1.29, 1.82) is 0 Å². The van der Waals surface area contributed by atoms with E-state index in [2.05, 4.69) is 26.1 Å². The van der Waals surface area contributed by atoms with E-state index in [1.807, 2.05) is 0 Å². The molecule has 0 heterocycles. The number of aliphatic hydroxyl groups excluding tert-OH is 1. The number of aliphatic hydroxyl groups is 1. The average molecular weight is 217 g/mol. The zero-order valence-corrected chi connectivity index (χ0v) is 10.7. The molecule has 0 aliphatic heterocycles. The molecule has 3 nitrogen and oxygen atoms in total. The molecule has 0 aromatic carbocycles. The Bertz CT molecular complexity index is 138. The van der Waals surface area contributed by atoms with Gasteiger partial charge >= 0.3 is 0 Å². The molecular weight excluding hydrogens is 190 g/mol. The Hall–Kier alpha value is -0.120. The van der Waals surface area contributed by atoms with E-state index in [-0.39, 0.29) is 12.0 Å². The fourth-order valence-electron chi connectivity index (χ4n) is 1.57. The van der Waals surface area contributed by atoms with Gasteiger partial charge in [-0.25, -0.2) is 0 Å². The number of nitrogens with one attached hydrogen (secondary N) is 1. The molecule has 0 saturated heterocycles. The first kappa shape index (κ1) is 14.9. The van der Waals surface area contributed by atoms with Crippen molar-refractivity contribution >= 4 is 0 Å². The first-order chi connectivity index (χ1) is 7.14. The van der Waals surface area contributed by atoms with Gasteiger partial charge in [0.15, 0.2) is 0 Å². The average Bonchev–Trinajstić information content (AvgIpc) is 2.29. The standard InChI is InChI=1S/C12H27NO2/c1-5-12(6-2,10-14)9-13-11(3)7-8-15-4/h11,13-14H,5-10H2,1-4H3. The third-order valence-corrected chi connectivity index (χ3v) is 3.42. The molecule has 92 valence electrons. The monoisotopic (exact) mass is 217 g/mol. The summed E-state index contributed by atoms with van der Waals surface area (Å²) in [5, 5.41) is 12.9. The van der Waals surface area contributed by atoms with E-state index < -0.39 is 0 Å². The van der Waals surface area contributed by atoms with Crippen molar-refractivity contribution in [3.8, 4) is 0 Å². The number of hydrogen-bond acceptors (Lipinski definition) is 3. The van der Waals surface area contributed by atoms with Crippen LogP contribution in [0, 0.1) is 5.41 Å². The van der Waals surface area contributed by atoms with Crippen LogP contribution in [0.1, 0.15) is 40.0 Å². The van der Waals surface area contributed by atoms with Crippen molar-refractivity contribution in [2.75, 3.05) is 26.9 Å². The minimum Gasteiger partial charge on any atom is -0.396 e. The van der Waals surface area contributed by atoms with E-state index in [0.29, 0.717) is 6.04 Å². The summed E-state index contributed by atoms with van der Waals surface area (Å²) >= 11 is 0.